The van der Waals surface area contributed by atoms with Gasteiger partial charge in [-0.05, 0) is 24.3 Å². The number of nitrogens with zero attached hydrogens (tertiary/aromatic N) is 2. The second kappa shape index (κ2) is 4.48. The molecule has 2 aromatic carbocycles. The van der Waals surface area contributed by atoms with Crippen LogP contribution in [0.4, 0.5) is 15.8 Å². The minimum atomic E-state index is -0.704. The number of non-ortho nitro benzene ring substituents is 1. The number of imide groups is 1. The molecule has 0 aromatic heterocycles. The highest BCUT2D eigenvalue weighted by Crippen LogP contribution is 2.30. The zero-order valence-corrected chi connectivity index (χ0v) is 10.4. The van der Waals surface area contributed by atoms with Crippen molar-refractivity contribution in [1.29, 1.82) is 0 Å². The number of benzene rings is 2. The summed E-state index contributed by atoms with van der Waals surface area (Å²) in [5, 5.41) is 10.7. The van der Waals surface area contributed by atoms with Gasteiger partial charge in [0.25, 0.3) is 17.5 Å². The number of hydrogen-bond acceptors (Lipinski definition) is 4. The molecule has 0 saturated carbocycles. The first-order valence-corrected chi connectivity index (χ1v) is 5.92. The Balaban J connectivity index is 2.10. The van der Waals surface area contributed by atoms with Gasteiger partial charge in [0.1, 0.15) is 5.82 Å². The Morgan fingerprint density at radius 3 is 2.38 bits per heavy atom. The molecule has 6 nitrogen and oxygen atoms in total. The number of carbonyl (C=O) groups excluding carboxylic acids is 2. The van der Waals surface area contributed by atoms with Gasteiger partial charge >= 0.3 is 0 Å². The second-order valence-corrected chi connectivity index (χ2v) is 4.41. The van der Waals surface area contributed by atoms with E-state index >= 15 is 0 Å². The van der Waals surface area contributed by atoms with Crippen LogP contribution in [0.25, 0.3) is 0 Å². The fourth-order valence-electron chi connectivity index (χ4n) is 2.19. The summed E-state index contributed by atoms with van der Waals surface area (Å²) in [7, 11) is 0. The van der Waals surface area contributed by atoms with Gasteiger partial charge in [-0.3, -0.25) is 19.7 Å². The Bertz CT molecular complexity index is 803. The van der Waals surface area contributed by atoms with Crippen molar-refractivity contribution in [1.82, 2.24) is 0 Å². The van der Waals surface area contributed by atoms with Gasteiger partial charge in [0.15, 0.2) is 0 Å². The summed E-state index contributed by atoms with van der Waals surface area (Å²) < 4.78 is 13.2. The number of anilines is 1. The first-order chi connectivity index (χ1) is 9.99. The van der Waals surface area contributed by atoms with Crippen molar-refractivity contribution in [3.05, 3.63) is 69.5 Å². The molecular weight excluding hydrogens is 279 g/mol. The molecule has 2 aromatic rings. The average Bonchev–Trinajstić information content (AvgIpc) is 2.70. The molecule has 2 amide bonds. The van der Waals surface area contributed by atoms with E-state index in [4.69, 9.17) is 0 Å². The molecule has 1 heterocycles. The number of amides is 2. The quantitative estimate of drug-likeness (QED) is 0.482. The molecule has 0 radical (unpaired) electrons. The van der Waals surface area contributed by atoms with Crippen LogP contribution in [0, 0.1) is 15.9 Å². The molecule has 21 heavy (non-hydrogen) atoms. The van der Waals surface area contributed by atoms with Gasteiger partial charge in [-0.25, -0.2) is 9.29 Å². The van der Waals surface area contributed by atoms with E-state index in [0.29, 0.717) is 0 Å². The number of fused-ring (bicyclic) bond motifs is 1. The Morgan fingerprint density at radius 1 is 1.00 bits per heavy atom. The molecule has 0 N–H and O–H groups in total. The molecule has 1 aliphatic rings. The topological polar surface area (TPSA) is 80.5 Å². The smallest absolute Gasteiger partial charge is 0.268 e. The summed E-state index contributed by atoms with van der Waals surface area (Å²) in [5.41, 5.74) is -0.187. The first-order valence-electron chi connectivity index (χ1n) is 5.92. The van der Waals surface area contributed by atoms with Gasteiger partial charge in [0.05, 0.1) is 21.7 Å². The normalized spacial score (nSPS) is 13.5. The van der Waals surface area contributed by atoms with Gasteiger partial charge in [-0.1, -0.05) is 6.07 Å². The lowest BCUT2D eigenvalue weighted by atomic mass is 10.1. The van der Waals surface area contributed by atoms with Gasteiger partial charge in [0, 0.05) is 12.1 Å². The lowest BCUT2D eigenvalue weighted by molar-refractivity contribution is -0.384. The maximum absolute atomic E-state index is 13.2. The van der Waals surface area contributed by atoms with Crippen LogP contribution in [0.2, 0.25) is 0 Å². The number of nitro benzene ring substituents is 1. The van der Waals surface area contributed by atoms with Crippen molar-refractivity contribution >= 4 is 23.2 Å². The van der Waals surface area contributed by atoms with Crippen molar-refractivity contribution < 1.29 is 18.9 Å². The highest BCUT2D eigenvalue weighted by Gasteiger charge is 2.37. The lowest BCUT2D eigenvalue weighted by Gasteiger charge is -2.13. The third-order valence-corrected chi connectivity index (χ3v) is 3.15. The second-order valence-electron chi connectivity index (χ2n) is 4.41. The molecule has 0 atom stereocenters. The minimum absolute atomic E-state index is 0.0570. The Kier molecular flexibility index (Phi) is 2.76. The van der Waals surface area contributed by atoms with E-state index in [1.54, 1.807) is 0 Å². The zero-order valence-electron chi connectivity index (χ0n) is 10.4. The van der Waals surface area contributed by atoms with Crippen LogP contribution in [-0.4, -0.2) is 16.7 Å². The van der Waals surface area contributed by atoms with E-state index < -0.39 is 22.6 Å². The van der Waals surface area contributed by atoms with Crippen LogP contribution in [0.1, 0.15) is 20.7 Å². The van der Waals surface area contributed by atoms with Crippen LogP contribution < -0.4 is 4.90 Å². The largest absolute Gasteiger partial charge is 0.270 e. The molecule has 0 fully saturated rings. The Labute approximate surface area is 117 Å². The first kappa shape index (κ1) is 12.9. The van der Waals surface area contributed by atoms with Crippen LogP contribution in [0.15, 0.2) is 42.5 Å². The Hall–Kier alpha value is -3.09. The van der Waals surface area contributed by atoms with Gasteiger partial charge in [-0.15, -0.1) is 0 Å². The number of hydrogen-bond donors (Lipinski definition) is 0. The fourth-order valence-corrected chi connectivity index (χ4v) is 2.19. The summed E-state index contributed by atoms with van der Waals surface area (Å²) in [4.78, 5) is 35.4. The van der Waals surface area contributed by atoms with E-state index in [-0.39, 0.29) is 22.5 Å². The third-order valence-electron chi connectivity index (χ3n) is 3.15. The molecule has 0 spiro atoms. The number of halogens is 1. The van der Waals surface area contributed by atoms with Crippen molar-refractivity contribution in [2.24, 2.45) is 0 Å². The Morgan fingerprint density at radius 2 is 1.71 bits per heavy atom. The minimum Gasteiger partial charge on any atom is -0.268 e. The SMILES string of the molecule is O=C1c2ccc([N+](=O)[O-])cc2C(=O)N1c1cccc(F)c1. The monoisotopic (exact) mass is 286 g/mol. The molecule has 0 saturated heterocycles. The predicted molar refractivity (Wildman–Crippen MR) is 70.6 cm³/mol. The van der Waals surface area contributed by atoms with E-state index in [1.807, 2.05) is 0 Å². The standard InChI is InChI=1S/C14H7FN2O4/c15-8-2-1-3-9(6-8)16-13(18)11-5-4-10(17(20)21)7-12(11)14(16)19/h1-7H. The molecule has 104 valence electrons. The maximum atomic E-state index is 13.2. The number of carbonyl (C=O) groups is 2. The maximum Gasteiger partial charge on any atom is 0.270 e. The molecule has 1 aliphatic heterocycles. The molecule has 0 aliphatic carbocycles. The van der Waals surface area contributed by atoms with Gasteiger partial charge < -0.3 is 0 Å². The van der Waals surface area contributed by atoms with Crippen molar-refractivity contribution in [2.75, 3.05) is 4.90 Å². The van der Waals surface area contributed by atoms with Gasteiger partial charge in [0.2, 0.25) is 0 Å². The van der Waals surface area contributed by atoms with Crippen LogP contribution in [-0.2, 0) is 0 Å². The zero-order chi connectivity index (χ0) is 15.1. The highest BCUT2D eigenvalue weighted by molar-refractivity contribution is 6.34. The summed E-state index contributed by atoms with van der Waals surface area (Å²) in [6.45, 7) is 0. The fraction of sp³-hybridized carbons (Fsp3) is 0. The lowest BCUT2D eigenvalue weighted by Crippen LogP contribution is -2.29. The van der Waals surface area contributed by atoms with E-state index in [9.17, 15) is 24.1 Å². The molecular formula is C14H7FN2O4. The average molecular weight is 286 g/mol. The summed E-state index contributed by atoms with van der Waals surface area (Å²) >= 11 is 0. The van der Waals surface area contributed by atoms with E-state index in [2.05, 4.69) is 0 Å². The van der Waals surface area contributed by atoms with Crippen LogP contribution in [0.5, 0.6) is 0 Å². The van der Waals surface area contributed by atoms with Crippen LogP contribution in [0.3, 0.4) is 0 Å². The van der Waals surface area contributed by atoms with E-state index in [1.165, 1.54) is 24.3 Å². The summed E-state index contributed by atoms with van der Waals surface area (Å²) in [6.07, 6.45) is 0. The molecule has 7 heteroatoms. The predicted octanol–water partition coefficient (Wildman–Crippen LogP) is 2.53. The number of rotatable bonds is 2. The molecule has 0 unspecified atom stereocenters. The van der Waals surface area contributed by atoms with E-state index in [0.717, 1.165) is 23.1 Å². The molecule has 3 rings (SSSR count). The summed E-state index contributed by atoms with van der Waals surface area (Å²) in [5.74, 6) is -1.92. The summed E-state index contributed by atoms with van der Waals surface area (Å²) in [6, 6.07) is 8.46. The van der Waals surface area contributed by atoms with Crippen molar-refractivity contribution in [3.63, 3.8) is 0 Å². The van der Waals surface area contributed by atoms with Crippen molar-refractivity contribution in [3.8, 4) is 0 Å². The third kappa shape index (κ3) is 1.95. The number of nitro groups is 1. The van der Waals surface area contributed by atoms with Crippen molar-refractivity contribution in [2.45, 2.75) is 0 Å². The highest BCUT2D eigenvalue weighted by atomic mass is 19.1. The molecule has 0 bridgehead atoms. The van der Waals surface area contributed by atoms with Gasteiger partial charge in [-0.2, -0.15) is 0 Å². The van der Waals surface area contributed by atoms with Crippen LogP contribution >= 0.6 is 0 Å².